The minimum absolute atomic E-state index is 0.0174. The van der Waals surface area contributed by atoms with E-state index in [0.29, 0.717) is 39.1 Å². The number of anilines is 1. The topological polar surface area (TPSA) is 99.6 Å². The molecule has 5 rings (SSSR count). The van der Waals surface area contributed by atoms with Crippen molar-refractivity contribution in [2.45, 2.75) is 96.9 Å². The molecular weight excluding hydrogens is 570 g/mol. The van der Waals surface area contributed by atoms with E-state index in [1.165, 1.54) is 0 Å². The Morgan fingerprint density at radius 1 is 0.933 bits per heavy atom. The minimum Gasteiger partial charge on any atom is -0.494 e. The largest absolute Gasteiger partial charge is 0.494 e. The Hall–Kier alpha value is -3.17. The normalized spacial score (nSPS) is 28.2. The summed E-state index contributed by atoms with van der Waals surface area (Å²) in [5.74, 6) is -1.37. The molecule has 45 heavy (non-hydrogen) atoms. The summed E-state index contributed by atoms with van der Waals surface area (Å²) in [5, 5.41) is 9.25. The number of amides is 3. The fraction of sp³-hybridized carbons (Fsp3) is 0.639. The molecule has 1 N–H and O–H groups in total. The zero-order chi connectivity index (χ0) is 32.6. The Labute approximate surface area is 268 Å². The van der Waals surface area contributed by atoms with Crippen molar-refractivity contribution in [3.8, 4) is 5.75 Å². The van der Waals surface area contributed by atoms with Crippen LogP contribution in [0.4, 0.5) is 5.69 Å². The number of carbonyl (C=O) groups excluding carboxylic acids is 3. The van der Waals surface area contributed by atoms with Crippen LogP contribution in [0, 0.1) is 17.3 Å². The molecule has 0 aliphatic carbocycles. The monoisotopic (exact) mass is 621 g/mol. The first kappa shape index (κ1) is 33.2. The fourth-order valence-electron chi connectivity index (χ4n) is 8.18. The average Bonchev–Trinajstić information content (AvgIpc) is 3.26. The highest BCUT2D eigenvalue weighted by Gasteiger charge is 2.72. The molecule has 1 unspecified atom stereocenters. The number of rotatable bonds is 11. The second-order valence-electron chi connectivity index (χ2n) is 14.7. The van der Waals surface area contributed by atoms with Gasteiger partial charge in [0.1, 0.15) is 17.4 Å². The van der Waals surface area contributed by atoms with Gasteiger partial charge in [-0.05, 0) is 69.7 Å². The van der Waals surface area contributed by atoms with Gasteiger partial charge in [0, 0.05) is 37.5 Å². The standard InChI is InChI=1S/C36H51N3O6/c1-7-44-26-17-15-25(16-18-26)37-21-12-14-27-28(31(37)41)29-32(42)38(20-10-8-9-11-23-40)30-33(43)39(22-13-19-36(29,30)45-27)35(5,6)24-34(2,3)4/h12-19,27-30,40H,7-11,20-24H2,1-6H3/t27-,28+,29-,30?,36-/m0/s1. The molecule has 3 amide bonds. The molecule has 0 radical (unpaired) electrons. The van der Waals surface area contributed by atoms with Crippen LogP contribution in [0.2, 0.25) is 0 Å². The quantitative estimate of drug-likeness (QED) is 0.283. The SMILES string of the molecule is CCOc1ccc(N2CC=C[C@@H]3O[C@]45C=CCN(C(C)(C)CC(C)(C)C)C(=O)C4N(CCCCCCO)C(=O)[C@@H]5[C@@H]3C2=O)cc1. The van der Waals surface area contributed by atoms with Gasteiger partial charge in [-0.25, -0.2) is 0 Å². The Balaban J connectivity index is 1.52. The van der Waals surface area contributed by atoms with Crippen LogP contribution in [-0.2, 0) is 19.1 Å². The lowest BCUT2D eigenvalue weighted by molar-refractivity contribution is -0.151. The molecular formula is C36H51N3O6. The predicted octanol–water partition coefficient (Wildman–Crippen LogP) is 4.73. The van der Waals surface area contributed by atoms with Gasteiger partial charge in [0.15, 0.2) is 0 Å². The van der Waals surface area contributed by atoms with Crippen molar-refractivity contribution in [2.24, 2.45) is 17.3 Å². The molecule has 9 nitrogen and oxygen atoms in total. The summed E-state index contributed by atoms with van der Waals surface area (Å²) in [6, 6.07) is 6.56. The number of nitrogens with zero attached hydrogens (tertiary/aromatic N) is 3. The van der Waals surface area contributed by atoms with Crippen molar-refractivity contribution in [1.82, 2.24) is 9.80 Å². The zero-order valence-corrected chi connectivity index (χ0v) is 27.8. The molecule has 0 saturated carbocycles. The number of ether oxygens (including phenoxy) is 2. The minimum atomic E-state index is -1.25. The zero-order valence-electron chi connectivity index (χ0n) is 27.8. The lowest BCUT2D eigenvalue weighted by atomic mass is 9.77. The fourth-order valence-corrected chi connectivity index (χ4v) is 8.18. The van der Waals surface area contributed by atoms with Gasteiger partial charge < -0.3 is 29.3 Å². The van der Waals surface area contributed by atoms with E-state index < -0.39 is 35.1 Å². The van der Waals surface area contributed by atoms with Gasteiger partial charge >= 0.3 is 0 Å². The number of aliphatic hydroxyl groups excluding tert-OH is 1. The van der Waals surface area contributed by atoms with E-state index in [2.05, 4.69) is 34.6 Å². The van der Waals surface area contributed by atoms with Crippen molar-refractivity contribution in [1.29, 1.82) is 0 Å². The maximum absolute atomic E-state index is 14.8. The van der Waals surface area contributed by atoms with E-state index >= 15 is 0 Å². The predicted molar refractivity (Wildman–Crippen MR) is 174 cm³/mol. The third-order valence-electron chi connectivity index (χ3n) is 9.62. The highest BCUT2D eigenvalue weighted by atomic mass is 16.5. The molecule has 1 aromatic rings. The van der Waals surface area contributed by atoms with Gasteiger partial charge in [0.2, 0.25) is 17.7 Å². The van der Waals surface area contributed by atoms with Crippen LogP contribution in [0.1, 0.15) is 73.6 Å². The molecule has 4 aliphatic heterocycles. The van der Waals surface area contributed by atoms with Crippen molar-refractivity contribution < 1.29 is 29.0 Å². The first-order valence-electron chi connectivity index (χ1n) is 16.6. The number of hydrogen-bond donors (Lipinski definition) is 1. The van der Waals surface area contributed by atoms with Crippen LogP contribution in [0.5, 0.6) is 5.75 Å². The Morgan fingerprint density at radius 3 is 2.31 bits per heavy atom. The molecule has 9 heteroatoms. The second kappa shape index (κ2) is 12.9. The summed E-state index contributed by atoms with van der Waals surface area (Å²) in [4.78, 5) is 49.1. The van der Waals surface area contributed by atoms with Gasteiger partial charge in [0.25, 0.3) is 0 Å². The van der Waals surface area contributed by atoms with Gasteiger partial charge in [-0.1, -0.05) is 57.9 Å². The first-order chi connectivity index (χ1) is 21.3. The molecule has 4 aliphatic rings. The van der Waals surface area contributed by atoms with Gasteiger partial charge in [-0.2, -0.15) is 0 Å². The molecule has 0 bridgehead atoms. The number of aliphatic hydroxyl groups is 1. The summed E-state index contributed by atoms with van der Waals surface area (Å²) >= 11 is 0. The van der Waals surface area contributed by atoms with E-state index in [1.807, 2.05) is 60.4 Å². The Morgan fingerprint density at radius 2 is 1.64 bits per heavy atom. The number of benzene rings is 1. The van der Waals surface area contributed by atoms with Crippen LogP contribution in [0.25, 0.3) is 0 Å². The smallest absolute Gasteiger partial charge is 0.249 e. The number of unbranched alkanes of at least 4 members (excludes halogenated alkanes) is 3. The Kier molecular flexibility index (Phi) is 9.53. The molecule has 2 saturated heterocycles. The third-order valence-corrected chi connectivity index (χ3v) is 9.62. The maximum Gasteiger partial charge on any atom is 0.249 e. The number of carbonyl (C=O) groups is 3. The van der Waals surface area contributed by atoms with E-state index in [9.17, 15) is 19.5 Å². The van der Waals surface area contributed by atoms with Crippen molar-refractivity contribution in [3.63, 3.8) is 0 Å². The van der Waals surface area contributed by atoms with E-state index in [0.717, 1.165) is 30.7 Å². The van der Waals surface area contributed by atoms with Crippen LogP contribution in [0.15, 0.2) is 48.6 Å². The molecule has 4 heterocycles. The Bertz CT molecular complexity index is 1310. The molecule has 1 spiro atoms. The van der Waals surface area contributed by atoms with E-state index in [4.69, 9.17) is 9.47 Å². The molecule has 5 atom stereocenters. The molecule has 2 fully saturated rings. The lowest BCUT2D eigenvalue weighted by Crippen LogP contribution is -2.59. The summed E-state index contributed by atoms with van der Waals surface area (Å²) < 4.78 is 12.4. The van der Waals surface area contributed by atoms with Gasteiger partial charge in [-0.3, -0.25) is 14.4 Å². The van der Waals surface area contributed by atoms with Crippen molar-refractivity contribution in [3.05, 3.63) is 48.6 Å². The van der Waals surface area contributed by atoms with Crippen molar-refractivity contribution >= 4 is 23.4 Å². The third kappa shape index (κ3) is 6.30. The number of hydrogen-bond acceptors (Lipinski definition) is 6. The van der Waals surface area contributed by atoms with Crippen molar-refractivity contribution in [2.75, 3.05) is 37.7 Å². The second-order valence-corrected chi connectivity index (χ2v) is 14.7. The summed E-state index contributed by atoms with van der Waals surface area (Å²) in [5.41, 5.74) is -1.01. The molecule has 1 aromatic carbocycles. The summed E-state index contributed by atoms with van der Waals surface area (Å²) in [6.45, 7) is 14.5. The average molecular weight is 622 g/mol. The number of likely N-dealkylation sites (tertiary alicyclic amines) is 1. The van der Waals surface area contributed by atoms with E-state index in [-0.39, 0.29) is 29.7 Å². The summed E-state index contributed by atoms with van der Waals surface area (Å²) in [6.07, 6.45) is 11.0. The lowest BCUT2D eigenvalue weighted by Gasteiger charge is -2.44. The van der Waals surface area contributed by atoms with Crippen LogP contribution < -0.4 is 9.64 Å². The maximum atomic E-state index is 14.8. The number of fused-ring (bicyclic) bond motifs is 2. The molecule has 0 aromatic heterocycles. The first-order valence-corrected chi connectivity index (χ1v) is 16.6. The highest BCUT2D eigenvalue weighted by molar-refractivity contribution is 6.04. The highest BCUT2D eigenvalue weighted by Crippen LogP contribution is 2.54. The van der Waals surface area contributed by atoms with Gasteiger partial charge in [-0.15, -0.1) is 0 Å². The summed E-state index contributed by atoms with van der Waals surface area (Å²) in [7, 11) is 0. The van der Waals surface area contributed by atoms with Crippen LogP contribution in [-0.4, -0.2) is 88.8 Å². The van der Waals surface area contributed by atoms with Crippen LogP contribution >= 0.6 is 0 Å². The van der Waals surface area contributed by atoms with Gasteiger partial charge in [0.05, 0.1) is 24.5 Å². The molecule has 246 valence electrons. The van der Waals surface area contributed by atoms with Crippen LogP contribution in [0.3, 0.4) is 0 Å². The van der Waals surface area contributed by atoms with E-state index in [1.54, 1.807) is 9.80 Å².